The van der Waals surface area contributed by atoms with Crippen molar-refractivity contribution in [1.82, 2.24) is 4.90 Å². The van der Waals surface area contributed by atoms with Gasteiger partial charge in [0.05, 0.1) is 10.9 Å². The Morgan fingerprint density at radius 1 is 1.05 bits per heavy atom. The molecule has 114 valence electrons. The van der Waals surface area contributed by atoms with Crippen LogP contribution in [0.25, 0.3) is 0 Å². The molecule has 0 spiro atoms. The number of amides is 1. The summed E-state index contributed by atoms with van der Waals surface area (Å²) < 4.78 is -1.38. The van der Waals surface area contributed by atoms with Gasteiger partial charge in [-0.25, -0.2) is 0 Å². The molecule has 21 heavy (non-hydrogen) atoms. The molecule has 1 aliphatic heterocycles. The van der Waals surface area contributed by atoms with E-state index < -0.39 is 9.21 Å². The second-order valence-corrected chi connectivity index (χ2v) is 8.18. The highest BCUT2D eigenvalue weighted by Gasteiger charge is 2.66. The zero-order valence-electron chi connectivity index (χ0n) is 11.7. The molecule has 0 aromatic heterocycles. The van der Waals surface area contributed by atoms with Crippen molar-refractivity contribution in [3.05, 3.63) is 35.9 Å². The van der Waals surface area contributed by atoms with Gasteiger partial charge in [-0.15, -0.1) is 11.6 Å². The lowest BCUT2D eigenvalue weighted by Gasteiger charge is -2.56. The molecule has 0 bridgehead atoms. The van der Waals surface area contributed by atoms with Gasteiger partial charge in [-0.1, -0.05) is 72.8 Å². The zero-order chi connectivity index (χ0) is 15.1. The number of carbonyl (C=O) groups excluding carboxylic acids is 1. The summed E-state index contributed by atoms with van der Waals surface area (Å²) in [6.45, 7) is 0.514. The third kappa shape index (κ3) is 2.67. The Labute approximate surface area is 140 Å². The minimum absolute atomic E-state index is 0.231. The van der Waals surface area contributed by atoms with Gasteiger partial charge in [0.15, 0.2) is 0 Å². The number of likely N-dealkylation sites (tertiary alicyclic amines) is 1. The van der Waals surface area contributed by atoms with Crippen molar-refractivity contribution in [3.8, 4) is 0 Å². The molecular formula is C16H18Cl3NO. The van der Waals surface area contributed by atoms with Crippen molar-refractivity contribution in [2.75, 3.05) is 0 Å². The van der Waals surface area contributed by atoms with E-state index in [1.165, 1.54) is 6.42 Å². The second-order valence-electron chi connectivity index (χ2n) is 6.04. The van der Waals surface area contributed by atoms with E-state index in [1.807, 2.05) is 30.3 Å². The van der Waals surface area contributed by atoms with E-state index in [0.29, 0.717) is 6.54 Å². The summed E-state index contributed by atoms with van der Waals surface area (Å²) in [4.78, 5) is 13.5. The lowest BCUT2D eigenvalue weighted by atomic mass is 9.76. The number of nitrogens with zero attached hydrogens (tertiary/aromatic N) is 1. The molecule has 5 heteroatoms. The highest BCUT2D eigenvalue weighted by Crippen LogP contribution is 2.53. The van der Waals surface area contributed by atoms with Crippen LogP contribution in [0.15, 0.2) is 30.3 Å². The summed E-state index contributed by atoms with van der Waals surface area (Å²) in [5, 5.41) is 0. The number of alkyl halides is 3. The van der Waals surface area contributed by atoms with Crippen molar-refractivity contribution in [1.29, 1.82) is 0 Å². The Morgan fingerprint density at radius 3 is 2.29 bits per heavy atom. The Bertz CT molecular complexity index is 526. The third-order valence-corrected chi connectivity index (χ3v) is 5.89. The molecule has 1 saturated carbocycles. The first kappa shape index (κ1) is 15.5. The van der Waals surface area contributed by atoms with Gasteiger partial charge < -0.3 is 4.90 Å². The average molecular weight is 347 g/mol. The number of carbonyl (C=O) groups is 1. The van der Waals surface area contributed by atoms with Crippen molar-refractivity contribution < 1.29 is 4.79 Å². The molecule has 3 rings (SSSR count). The number of halogens is 3. The van der Waals surface area contributed by atoms with Crippen LogP contribution in [0.2, 0.25) is 0 Å². The van der Waals surface area contributed by atoms with Crippen LogP contribution < -0.4 is 0 Å². The van der Waals surface area contributed by atoms with Crippen LogP contribution in [0, 0.1) is 0 Å². The lowest BCUT2D eigenvalue weighted by Crippen LogP contribution is -2.74. The predicted octanol–water partition coefficient (Wildman–Crippen LogP) is 4.51. The van der Waals surface area contributed by atoms with Crippen LogP contribution in [0.5, 0.6) is 0 Å². The topological polar surface area (TPSA) is 20.3 Å². The molecule has 2 aliphatic rings. The molecule has 1 atom stereocenters. The summed E-state index contributed by atoms with van der Waals surface area (Å²) in [7, 11) is 0. The zero-order valence-corrected chi connectivity index (χ0v) is 14.0. The number of hydrogen-bond donors (Lipinski definition) is 0. The monoisotopic (exact) mass is 345 g/mol. The van der Waals surface area contributed by atoms with Crippen molar-refractivity contribution in [2.24, 2.45) is 0 Å². The van der Waals surface area contributed by atoms with E-state index in [2.05, 4.69) is 0 Å². The maximum Gasteiger partial charge on any atom is 0.261 e. The van der Waals surface area contributed by atoms with Gasteiger partial charge in [0.1, 0.15) is 0 Å². The molecular weight excluding hydrogens is 329 g/mol. The third-order valence-electron chi connectivity index (χ3n) is 4.57. The van der Waals surface area contributed by atoms with E-state index >= 15 is 0 Å². The average Bonchev–Trinajstić information content (AvgIpc) is 2.47. The minimum Gasteiger partial charge on any atom is -0.327 e. The van der Waals surface area contributed by atoms with Gasteiger partial charge in [0, 0.05) is 6.54 Å². The first-order valence-electron chi connectivity index (χ1n) is 7.37. The van der Waals surface area contributed by atoms with Gasteiger partial charge in [0.25, 0.3) is 5.91 Å². The normalized spacial score (nSPS) is 27.3. The fourth-order valence-corrected chi connectivity index (χ4v) is 5.05. The van der Waals surface area contributed by atoms with Crippen molar-refractivity contribution >= 4 is 40.7 Å². The number of hydrogen-bond acceptors (Lipinski definition) is 1. The van der Waals surface area contributed by atoms with Gasteiger partial charge in [-0.3, -0.25) is 4.79 Å². The first-order valence-corrected chi connectivity index (χ1v) is 8.50. The molecule has 1 aliphatic carbocycles. The highest BCUT2D eigenvalue weighted by molar-refractivity contribution is 6.61. The van der Waals surface area contributed by atoms with Crippen molar-refractivity contribution in [3.63, 3.8) is 0 Å². The standard InChI is InChI=1S/C16H18Cl3NO/c17-15(9-5-2-6-10-15)13-16(18,19)14(21)20(13)11-12-7-3-1-4-8-12/h1,3-4,7-8,13H,2,5-6,9-11H2. The quantitative estimate of drug-likeness (QED) is 0.582. The highest BCUT2D eigenvalue weighted by atomic mass is 35.5. The van der Waals surface area contributed by atoms with E-state index in [4.69, 9.17) is 34.8 Å². The van der Waals surface area contributed by atoms with Crippen LogP contribution >= 0.6 is 34.8 Å². The number of β-lactam (4-membered cyclic amide) rings is 1. The molecule has 1 saturated heterocycles. The lowest BCUT2D eigenvalue weighted by molar-refractivity contribution is -0.151. The van der Waals surface area contributed by atoms with Crippen LogP contribution in [0.4, 0.5) is 0 Å². The van der Waals surface area contributed by atoms with Crippen molar-refractivity contribution in [2.45, 2.75) is 53.9 Å². The Balaban J connectivity index is 1.83. The summed E-state index contributed by atoms with van der Waals surface area (Å²) in [5.74, 6) is -0.231. The maximum atomic E-state index is 12.3. The summed E-state index contributed by atoms with van der Waals surface area (Å²) in [6, 6.07) is 9.54. The molecule has 1 aromatic carbocycles. The predicted molar refractivity (Wildman–Crippen MR) is 86.9 cm³/mol. The molecule has 2 nitrogen and oxygen atoms in total. The molecule has 1 amide bonds. The maximum absolute atomic E-state index is 12.3. The Morgan fingerprint density at radius 2 is 1.67 bits per heavy atom. The van der Waals surface area contributed by atoms with E-state index in [1.54, 1.807) is 4.90 Å². The Hall–Kier alpha value is -0.440. The largest absolute Gasteiger partial charge is 0.327 e. The van der Waals surface area contributed by atoms with E-state index in [9.17, 15) is 4.79 Å². The van der Waals surface area contributed by atoms with Gasteiger partial charge >= 0.3 is 0 Å². The SMILES string of the molecule is O=C1N(Cc2ccccc2)C(C2(Cl)CCCCC2)C1(Cl)Cl. The number of benzene rings is 1. The minimum atomic E-state index is -1.38. The van der Waals surface area contributed by atoms with E-state index in [-0.39, 0.29) is 11.9 Å². The van der Waals surface area contributed by atoms with E-state index in [0.717, 1.165) is 31.2 Å². The number of rotatable bonds is 3. The molecule has 1 unspecified atom stereocenters. The van der Waals surface area contributed by atoms with Gasteiger partial charge in [-0.05, 0) is 18.4 Å². The fraction of sp³-hybridized carbons (Fsp3) is 0.562. The van der Waals surface area contributed by atoms with Crippen LogP contribution in [-0.4, -0.2) is 26.1 Å². The van der Waals surface area contributed by atoms with Crippen LogP contribution in [0.1, 0.15) is 37.7 Å². The van der Waals surface area contributed by atoms with Gasteiger partial charge in [0.2, 0.25) is 4.33 Å². The molecule has 0 radical (unpaired) electrons. The molecule has 1 aromatic rings. The first-order chi connectivity index (χ1) is 9.95. The summed E-state index contributed by atoms with van der Waals surface area (Å²) in [6.07, 6.45) is 5.04. The molecule has 1 heterocycles. The summed E-state index contributed by atoms with van der Waals surface area (Å²) >= 11 is 19.4. The Kier molecular flexibility index (Phi) is 4.15. The molecule has 2 fully saturated rings. The smallest absolute Gasteiger partial charge is 0.261 e. The molecule has 0 N–H and O–H groups in total. The van der Waals surface area contributed by atoms with Crippen LogP contribution in [0.3, 0.4) is 0 Å². The second kappa shape index (κ2) is 5.64. The van der Waals surface area contributed by atoms with Gasteiger partial charge in [-0.2, -0.15) is 0 Å². The van der Waals surface area contributed by atoms with Crippen LogP contribution in [-0.2, 0) is 11.3 Å². The summed E-state index contributed by atoms with van der Waals surface area (Å²) in [5.41, 5.74) is 1.07. The fourth-order valence-electron chi connectivity index (χ4n) is 3.52.